The number of aryl methyl sites for hydroxylation is 1. The van der Waals surface area contributed by atoms with E-state index in [-0.39, 0.29) is 11.9 Å². The molecule has 4 aromatic rings. The molecule has 0 aliphatic heterocycles. The van der Waals surface area contributed by atoms with Crippen molar-refractivity contribution in [2.45, 2.75) is 39.2 Å². The first kappa shape index (κ1) is 39.1. The number of halogens is 7. The number of aromatic nitrogens is 4. The summed E-state index contributed by atoms with van der Waals surface area (Å²) in [5, 5.41) is 20.3. The number of carbonyl (C=O) groups excluding carboxylic acids is 1. The van der Waals surface area contributed by atoms with Gasteiger partial charge in [-0.1, -0.05) is 23.7 Å². The number of carboxylic acid groups (broad SMARTS) is 2. The number of amides is 1. The zero-order valence-electron chi connectivity index (χ0n) is 26.0. The lowest BCUT2D eigenvalue weighted by atomic mass is 9.93. The van der Waals surface area contributed by atoms with Gasteiger partial charge in [-0.05, 0) is 50.1 Å². The van der Waals surface area contributed by atoms with E-state index in [0.29, 0.717) is 27.8 Å². The average Bonchev–Trinajstić information content (AvgIpc) is 3.34. The third-order valence-corrected chi connectivity index (χ3v) is 6.92. The Bertz CT molecular complexity index is 1790. The number of fused-ring (bicyclic) bond motifs is 1. The first-order valence-corrected chi connectivity index (χ1v) is 13.7. The molecule has 4 rings (SSSR count). The van der Waals surface area contributed by atoms with Gasteiger partial charge in [-0.2, -0.15) is 31.4 Å². The number of hydrogen-bond acceptors (Lipinski definition) is 8. The molecule has 1 atom stereocenters. The molecule has 0 bridgehead atoms. The van der Waals surface area contributed by atoms with E-state index in [1.54, 1.807) is 26.1 Å². The van der Waals surface area contributed by atoms with Crippen LogP contribution in [0.2, 0.25) is 5.02 Å². The number of nitrogens with two attached hydrogens (primary N) is 1. The number of hydrogen-bond donors (Lipinski definition) is 3. The number of alkyl halides is 6. The minimum absolute atomic E-state index is 0.0576. The van der Waals surface area contributed by atoms with E-state index < -0.39 is 24.3 Å². The number of nitrogen functional groups attached to an aromatic ring is 1. The monoisotopic (exact) mass is 706 g/mol. The molecule has 0 aliphatic rings. The van der Waals surface area contributed by atoms with Gasteiger partial charge in [0, 0.05) is 35.8 Å². The Morgan fingerprint density at radius 1 is 0.979 bits per heavy atom. The fraction of sp³-hybridized carbons (Fsp3) is 0.310. The van der Waals surface area contributed by atoms with Gasteiger partial charge in [0.05, 0.1) is 24.2 Å². The number of methoxy groups -OCH3 is 1. The molecule has 2 aromatic heterocycles. The summed E-state index contributed by atoms with van der Waals surface area (Å²) in [5.74, 6) is -4.50. The zero-order valence-corrected chi connectivity index (χ0v) is 26.8. The Hall–Kier alpha value is -5.13. The highest BCUT2D eigenvalue weighted by Crippen LogP contribution is 2.43. The third kappa shape index (κ3) is 9.02. The predicted molar refractivity (Wildman–Crippen MR) is 162 cm³/mol. The van der Waals surface area contributed by atoms with Gasteiger partial charge in [0.15, 0.2) is 5.65 Å². The van der Waals surface area contributed by atoms with Gasteiger partial charge in [-0.3, -0.25) is 4.79 Å². The SMILES string of the molecule is COc1c(C(C)n2nc(C)c3c(N)ncnc32)cc(Cl)c(C)c1-c1ccc(C(=O)N(C)C)cc1.O=C(O)C(F)(F)F.O=C(O)C(F)(F)F. The number of rotatable bonds is 5. The number of carboxylic acids is 2. The van der Waals surface area contributed by atoms with E-state index in [9.17, 15) is 31.1 Å². The van der Waals surface area contributed by atoms with Crippen molar-refractivity contribution in [2.24, 2.45) is 0 Å². The molecule has 0 aliphatic carbocycles. The maximum absolute atomic E-state index is 12.3. The quantitative estimate of drug-likeness (QED) is 0.211. The number of anilines is 1. The largest absolute Gasteiger partial charge is 0.496 e. The number of nitrogens with zero attached hydrogens (tertiary/aromatic N) is 5. The maximum atomic E-state index is 12.3. The fourth-order valence-corrected chi connectivity index (χ4v) is 4.44. The molecule has 1 unspecified atom stereocenters. The lowest BCUT2D eigenvalue weighted by Gasteiger charge is -2.22. The molecular formula is C29H29ClF6N6O6. The molecule has 2 heterocycles. The van der Waals surface area contributed by atoms with Crippen molar-refractivity contribution in [1.82, 2.24) is 24.6 Å². The normalized spacial score (nSPS) is 11.9. The molecule has 0 saturated heterocycles. The van der Waals surface area contributed by atoms with Crippen LogP contribution >= 0.6 is 11.6 Å². The van der Waals surface area contributed by atoms with E-state index in [4.69, 9.17) is 47.0 Å². The van der Waals surface area contributed by atoms with Crippen molar-refractivity contribution >= 4 is 46.3 Å². The predicted octanol–water partition coefficient (Wildman–Crippen LogP) is 5.93. The van der Waals surface area contributed by atoms with Crippen molar-refractivity contribution in [1.29, 1.82) is 0 Å². The van der Waals surface area contributed by atoms with E-state index in [0.717, 1.165) is 33.3 Å². The molecule has 0 radical (unpaired) electrons. The van der Waals surface area contributed by atoms with Gasteiger partial charge in [-0.25, -0.2) is 24.2 Å². The van der Waals surface area contributed by atoms with E-state index in [2.05, 4.69) is 9.97 Å². The summed E-state index contributed by atoms with van der Waals surface area (Å²) in [6, 6.07) is 9.09. The molecule has 0 fully saturated rings. The van der Waals surface area contributed by atoms with E-state index >= 15 is 0 Å². The topological polar surface area (TPSA) is 174 Å². The number of benzene rings is 2. The smallest absolute Gasteiger partial charge is 0.490 e. The molecule has 19 heteroatoms. The van der Waals surface area contributed by atoms with E-state index in [1.807, 2.05) is 55.8 Å². The summed E-state index contributed by atoms with van der Waals surface area (Å²) in [5.41, 5.74) is 11.6. The molecule has 12 nitrogen and oxygen atoms in total. The molecule has 0 saturated carbocycles. The lowest BCUT2D eigenvalue weighted by molar-refractivity contribution is -0.193. The van der Waals surface area contributed by atoms with Crippen LogP contribution < -0.4 is 10.5 Å². The second-order valence-corrected chi connectivity index (χ2v) is 10.4. The highest BCUT2D eigenvalue weighted by atomic mass is 35.5. The van der Waals surface area contributed by atoms with Crippen LogP contribution in [0.1, 0.15) is 40.1 Å². The van der Waals surface area contributed by atoms with Gasteiger partial charge in [0.2, 0.25) is 0 Å². The highest BCUT2D eigenvalue weighted by Gasteiger charge is 2.39. The van der Waals surface area contributed by atoms with Crippen molar-refractivity contribution in [2.75, 3.05) is 26.9 Å². The van der Waals surface area contributed by atoms with Crippen LogP contribution in [-0.4, -0.2) is 86.3 Å². The second-order valence-electron chi connectivity index (χ2n) is 10.0. The molecule has 2 aromatic carbocycles. The standard InChI is InChI=1S/C25H27ClN6O2.2C2HF3O2/c1-13-19(26)11-18(15(3)32-24-21(14(2)30-32)23(27)28-12-29-24)22(34-6)20(13)16-7-9-17(10-8-16)25(33)31(4)5;2*3-2(4,5)1(6)7/h7-12,15H,1-6H3,(H2,27,28,29);2*(H,6,7). The first-order valence-electron chi connectivity index (χ1n) is 13.3. The van der Waals surface area contributed by atoms with Crippen molar-refractivity contribution in [3.8, 4) is 16.9 Å². The molecule has 4 N–H and O–H groups in total. The Labute approximate surface area is 273 Å². The molecule has 1 amide bonds. The summed E-state index contributed by atoms with van der Waals surface area (Å²) in [6.07, 6.45) is -8.73. The van der Waals surface area contributed by atoms with Crippen LogP contribution in [-0.2, 0) is 9.59 Å². The third-order valence-electron chi connectivity index (χ3n) is 6.53. The molecule has 48 heavy (non-hydrogen) atoms. The second kappa shape index (κ2) is 15.2. The molecule has 260 valence electrons. The van der Waals surface area contributed by atoms with Crippen LogP contribution in [0, 0.1) is 13.8 Å². The van der Waals surface area contributed by atoms with Gasteiger partial charge < -0.3 is 25.6 Å². The Morgan fingerprint density at radius 2 is 1.48 bits per heavy atom. The minimum atomic E-state index is -5.08. The Morgan fingerprint density at radius 3 is 1.92 bits per heavy atom. The Balaban J connectivity index is 0.000000479. The lowest BCUT2D eigenvalue weighted by Crippen LogP contribution is -2.21. The summed E-state index contributed by atoms with van der Waals surface area (Å²) in [6.45, 7) is 5.85. The summed E-state index contributed by atoms with van der Waals surface area (Å²) in [7, 11) is 5.10. The van der Waals surface area contributed by atoms with Gasteiger partial charge >= 0.3 is 24.3 Å². The van der Waals surface area contributed by atoms with Crippen molar-refractivity contribution in [3.63, 3.8) is 0 Å². The fourth-order valence-electron chi connectivity index (χ4n) is 4.23. The minimum Gasteiger partial charge on any atom is -0.496 e. The van der Waals surface area contributed by atoms with E-state index in [1.165, 1.54) is 6.33 Å². The molecular weight excluding hydrogens is 678 g/mol. The summed E-state index contributed by atoms with van der Waals surface area (Å²) < 4.78 is 71.2. The first-order chi connectivity index (χ1) is 22.0. The van der Waals surface area contributed by atoms with Crippen molar-refractivity contribution in [3.05, 3.63) is 64.1 Å². The Kier molecular flexibility index (Phi) is 12.4. The summed E-state index contributed by atoms with van der Waals surface area (Å²) >= 11 is 6.71. The van der Waals surface area contributed by atoms with Crippen molar-refractivity contribution < 1.29 is 55.7 Å². The average molecular weight is 707 g/mol. The van der Waals surface area contributed by atoms with Gasteiger partial charge in [-0.15, -0.1) is 0 Å². The zero-order chi connectivity index (χ0) is 36.9. The maximum Gasteiger partial charge on any atom is 0.490 e. The molecule has 0 spiro atoms. The number of ether oxygens (including phenoxy) is 1. The van der Waals surface area contributed by atoms with Crippen LogP contribution in [0.3, 0.4) is 0 Å². The van der Waals surface area contributed by atoms with Crippen LogP contribution in [0.25, 0.3) is 22.2 Å². The number of aliphatic carboxylic acids is 2. The van der Waals surface area contributed by atoms with Gasteiger partial charge in [0.25, 0.3) is 5.91 Å². The van der Waals surface area contributed by atoms with Crippen LogP contribution in [0.4, 0.5) is 32.2 Å². The van der Waals surface area contributed by atoms with Crippen LogP contribution in [0.15, 0.2) is 36.7 Å². The highest BCUT2D eigenvalue weighted by molar-refractivity contribution is 6.32. The summed E-state index contributed by atoms with van der Waals surface area (Å²) in [4.78, 5) is 40.2. The van der Waals surface area contributed by atoms with Gasteiger partial charge in [0.1, 0.15) is 17.9 Å². The van der Waals surface area contributed by atoms with Crippen LogP contribution in [0.5, 0.6) is 5.75 Å². The number of carbonyl (C=O) groups is 3.